The van der Waals surface area contributed by atoms with Gasteiger partial charge in [-0.25, -0.2) is 4.39 Å². The number of nitrogens with zero attached hydrogens (tertiary/aromatic N) is 3. The molecule has 0 aliphatic carbocycles. The van der Waals surface area contributed by atoms with E-state index < -0.39 is 5.82 Å². The second-order valence-electron chi connectivity index (χ2n) is 5.48. The van der Waals surface area contributed by atoms with Gasteiger partial charge in [0.05, 0.1) is 5.69 Å². The first-order chi connectivity index (χ1) is 11.1. The molecular formula is C16H17FN4O2. The molecule has 2 N–H and O–H groups in total. The molecule has 23 heavy (non-hydrogen) atoms. The molecule has 0 saturated carbocycles. The molecule has 120 valence electrons. The topological polar surface area (TPSA) is 81.2 Å². The van der Waals surface area contributed by atoms with Crippen molar-refractivity contribution in [2.24, 2.45) is 5.73 Å². The van der Waals surface area contributed by atoms with Crippen molar-refractivity contribution in [1.82, 2.24) is 14.7 Å². The van der Waals surface area contributed by atoms with Gasteiger partial charge in [-0.05, 0) is 43.2 Å². The molecule has 1 saturated heterocycles. The average molecular weight is 316 g/mol. The normalized spacial score (nSPS) is 17.5. The van der Waals surface area contributed by atoms with E-state index in [1.165, 1.54) is 36.4 Å². The minimum Gasteiger partial charge on any atom is -0.333 e. The van der Waals surface area contributed by atoms with Crippen LogP contribution in [0.5, 0.6) is 0 Å². The van der Waals surface area contributed by atoms with Gasteiger partial charge in [0.1, 0.15) is 11.5 Å². The molecule has 1 aromatic heterocycles. The van der Waals surface area contributed by atoms with Crippen LogP contribution in [0.25, 0.3) is 5.69 Å². The molecule has 2 heterocycles. The van der Waals surface area contributed by atoms with E-state index in [1.807, 2.05) is 0 Å². The summed E-state index contributed by atoms with van der Waals surface area (Å²) < 4.78 is 14.1. The molecule has 7 heteroatoms. The summed E-state index contributed by atoms with van der Waals surface area (Å²) >= 11 is 0. The van der Waals surface area contributed by atoms with Crippen molar-refractivity contribution in [2.75, 3.05) is 13.1 Å². The summed E-state index contributed by atoms with van der Waals surface area (Å²) in [6.07, 6.45) is 1.78. The first-order valence-electron chi connectivity index (χ1n) is 7.47. The van der Waals surface area contributed by atoms with Gasteiger partial charge >= 0.3 is 0 Å². The second-order valence-corrected chi connectivity index (χ2v) is 5.48. The fourth-order valence-electron chi connectivity index (χ4n) is 2.79. The lowest BCUT2D eigenvalue weighted by Gasteiger charge is -2.23. The third-order valence-electron chi connectivity index (χ3n) is 4.00. The minimum atomic E-state index is -0.406. The molecule has 1 aliphatic heterocycles. The first-order valence-corrected chi connectivity index (χ1v) is 7.47. The lowest BCUT2D eigenvalue weighted by Crippen LogP contribution is -2.41. The number of nitrogens with two attached hydrogens (primary N) is 1. The standard InChI is InChI=1S/C16H17FN4O2/c17-11-3-5-12(6-4-11)21-15(22)8-7-14(19-21)16(23)20-9-1-2-13(20)10-18/h3-8,13H,1-2,9-10,18H2. The van der Waals surface area contributed by atoms with E-state index in [9.17, 15) is 14.0 Å². The minimum absolute atomic E-state index is 0.00972. The Kier molecular flexibility index (Phi) is 4.20. The van der Waals surface area contributed by atoms with Gasteiger partial charge in [0.15, 0.2) is 0 Å². The zero-order valence-corrected chi connectivity index (χ0v) is 12.5. The van der Waals surface area contributed by atoms with Gasteiger partial charge in [0, 0.05) is 25.2 Å². The van der Waals surface area contributed by atoms with E-state index in [0.29, 0.717) is 18.8 Å². The zero-order valence-electron chi connectivity index (χ0n) is 12.5. The number of benzene rings is 1. The highest BCUT2D eigenvalue weighted by Crippen LogP contribution is 2.18. The molecule has 1 unspecified atom stereocenters. The third kappa shape index (κ3) is 3.00. The molecule has 1 aromatic carbocycles. The van der Waals surface area contributed by atoms with Gasteiger partial charge in [0.25, 0.3) is 11.5 Å². The Bertz CT molecular complexity index is 772. The molecule has 0 spiro atoms. The van der Waals surface area contributed by atoms with Crippen molar-refractivity contribution >= 4 is 5.91 Å². The lowest BCUT2D eigenvalue weighted by atomic mass is 10.2. The average Bonchev–Trinajstić information content (AvgIpc) is 3.04. The number of likely N-dealkylation sites (tertiary alicyclic amines) is 1. The van der Waals surface area contributed by atoms with Gasteiger partial charge in [-0.3, -0.25) is 9.59 Å². The first kappa shape index (κ1) is 15.4. The van der Waals surface area contributed by atoms with Gasteiger partial charge in [0.2, 0.25) is 0 Å². The number of amides is 1. The Morgan fingerprint density at radius 3 is 2.70 bits per heavy atom. The van der Waals surface area contributed by atoms with E-state index in [-0.39, 0.29) is 23.2 Å². The van der Waals surface area contributed by atoms with Crippen molar-refractivity contribution in [3.05, 3.63) is 58.3 Å². The highest BCUT2D eigenvalue weighted by atomic mass is 19.1. The molecule has 1 fully saturated rings. The smallest absolute Gasteiger partial charge is 0.274 e. The molecule has 1 amide bonds. The number of carbonyl (C=O) groups is 1. The highest BCUT2D eigenvalue weighted by molar-refractivity contribution is 5.92. The van der Waals surface area contributed by atoms with Crippen molar-refractivity contribution in [3.8, 4) is 5.69 Å². The summed E-state index contributed by atoms with van der Waals surface area (Å²) in [6, 6.07) is 8.07. The fraction of sp³-hybridized carbons (Fsp3) is 0.312. The Hall–Kier alpha value is -2.54. The van der Waals surface area contributed by atoms with Crippen molar-refractivity contribution < 1.29 is 9.18 Å². The van der Waals surface area contributed by atoms with Gasteiger partial charge in [-0.15, -0.1) is 0 Å². The zero-order chi connectivity index (χ0) is 16.4. The van der Waals surface area contributed by atoms with Crippen LogP contribution in [0, 0.1) is 5.82 Å². The van der Waals surface area contributed by atoms with E-state index in [2.05, 4.69) is 5.10 Å². The fourth-order valence-corrected chi connectivity index (χ4v) is 2.79. The number of rotatable bonds is 3. The summed E-state index contributed by atoms with van der Waals surface area (Å²) in [5, 5.41) is 4.14. The van der Waals surface area contributed by atoms with Crippen LogP contribution in [-0.4, -0.2) is 39.7 Å². The second kappa shape index (κ2) is 6.29. The number of hydrogen-bond acceptors (Lipinski definition) is 4. The number of aromatic nitrogens is 2. The molecule has 0 bridgehead atoms. The molecule has 6 nitrogen and oxygen atoms in total. The summed E-state index contributed by atoms with van der Waals surface area (Å²) in [4.78, 5) is 26.3. The van der Waals surface area contributed by atoms with E-state index in [0.717, 1.165) is 17.5 Å². The number of halogens is 1. The molecule has 1 atom stereocenters. The van der Waals surface area contributed by atoms with Crippen LogP contribution in [-0.2, 0) is 0 Å². The van der Waals surface area contributed by atoms with Crippen molar-refractivity contribution in [3.63, 3.8) is 0 Å². The van der Waals surface area contributed by atoms with Gasteiger partial charge in [-0.1, -0.05) is 0 Å². The predicted molar refractivity (Wildman–Crippen MR) is 82.9 cm³/mol. The van der Waals surface area contributed by atoms with Crippen LogP contribution in [0.3, 0.4) is 0 Å². The van der Waals surface area contributed by atoms with Crippen molar-refractivity contribution in [2.45, 2.75) is 18.9 Å². The van der Waals surface area contributed by atoms with E-state index in [4.69, 9.17) is 5.73 Å². The van der Waals surface area contributed by atoms with Crippen LogP contribution in [0.4, 0.5) is 4.39 Å². The highest BCUT2D eigenvalue weighted by Gasteiger charge is 2.29. The molecular weight excluding hydrogens is 299 g/mol. The molecule has 3 rings (SSSR count). The van der Waals surface area contributed by atoms with Crippen molar-refractivity contribution in [1.29, 1.82) is 0 Å². The predicted octanol–water partition coefficient (Wildman–Crippen LogP) is 0.935. The molecule has 2 aromatic rings. The van der Waals surface area contributed by atoms with E-state index in [1.54, 1.807) is 4.90 Å². The van der Waals surface area contributed by atoms with Gasteiger partial charge < -0.3 is 10.6 Å². The number of hydrogen-bond donors (Lipinski definition) is 1. The maximum absolute atomic E-state index is 13.0. The summed E-state index contributed by atoms with van der Waals surface area (Å²) in [5.41, 5.74) is 5.89. The van der Waals surface area contributed by atoms with Gasteiger partial charge in [-0.2, -0.15) is 9.78 Å². The number of carbonyl (C=O) groups excluding carboxylic acids is 1. The summed E-state index contributed by atoms with van der Waals surface area (Å²) in [7, 11) is 0. The SMILES string of the molecule is NCC1CCCN1C(=O)c1ccc(=O)n(-c2ccc(F)cc2)n1. The molecule has 1 aliphatic rings. The maximum Gasteiger partial charge on any atom is 0.274 e. The van der Waals surface area contributed by atoms with Crippen LogP contribution in [0.1, 0.15) is 23.3 Å². The molecule has 0 radical (unpaired) electrons. The van der Waals surface area contributed by atoms with Crippen LogP contribution < -0.4 is 11.3 Å². The Morgan fingerprint density at radius 2 is 2.00 bits per heavy atom. The van der Waals surface area contributed by atoms with Crippen LogP contribution >= 0.6 is 0 Å². The third-order valence-corrected chi connectivity index (χ3v) is 4.00. The summed E-state index contributed by atoms with van der Waals surface area (Å²) in [5.74, 6) is -0.648. The van der Waals surface area contributed by atoms with E-state index >= 15 is 0 Å². The quantitative estimate of drug-likeness (QED) is 0.913. The maximum atomic E-state index is 13.0. The summed E-state index contributed by atoms with van der Waals surface area (Å²) in [6.45, 7) is 1.04. The Labute approximate surface area is 132 Å². The largest absolute Gasteiger partial charge is 0.333 e. The van der Waals surface area contributed by atoms with Crippen LogP contribution in [0.15, 0.2) is 41.2 Å². The Balaban J connectivity index is 1.95. The monoisotopic (exact) mass is 316 g/mol. The Morgan fingerprint density at radius 1 is 1.26 bits per heavy atom. The van der Waals surface area contributed by atoms with Crippen LogP contribution in [0.2, 0.25) is 0 Å². The lowest BCUT2D eigenvalue weighted by molar-refractivity contribution is 0.0733.